The topological polar surface area (TPSA) is 27.8 Å². The van der Waals surface area contributed by atoms with Gasteiger partial charge < -0.3 is 10.3 Å². The first-order valence-corrected chi connectivity index (χ1v) is 5.68. The molecule has 16 heavy (non-hydrogen) atoms. The number of aromatic amines is 1. The van der Waals surface area contributed by atoms with Crippen molar-refractivity contribution in [1.29, 1.82) is 0 Å². The average molecular weight is 222 g/mol. The Balaban J connectivity index is 0.000000810. The van der Waals surface area contributed by atoms with Gasteiger partial charge >= 0.3 is 0 Å². The van der Waals surface area contributed by atoms with E-state index in [-0.39, 0.29) is 8.67 Å². The Kier molecular flexibility index (Phi) is 2.04. The molecule has 1 aliphatic heterocycles. The number of H-pyrrole nitrogens is 1. The first kappa shape index (κ1) is 9.85. The smallest absolute Gasteiger partial charge is 0.147 e. The quantitative estimate of drug-likeness (QED) is 0.704. The molecule has 1 atom stereocenters. The Hall–Kier alpha value is -1.35. The second-order valence-corrected chi connectivity index (χ2v) is 4.68. The summed E-state index contributed by atoms with van der Waals surface area (Å²) in [5.41, 5.74) is 4.24. The first-order valence-electron chi connectivity index (χ1n) is 5.68. The summed E-state index contributed by atoms with van der Waals surface area (Å²) < 4.78 is 13.7. The highest BCUT2D eigenvalue weighted by atomic mass is 19.1. The van der Waals surface area contributed by atoms with Crippen LogP contribution in [0.1, 0.15) is 26.6 Å². The monoisotopic (exact) mass is 222 g/mol. The second-order valence-electron chi connectivity index (χ2n) is 4.68. The molecule has 1 aromatic carbocycles. The minimum Gasteiger partial charge on any atom is -0.356 e. The Morgan fingerprint density at radius 1 is 1.44 bits per heavy atom. The average Bonchev–Trinajstić information content (AvgIpc) is 2.63. The molecule has 3 rings (SSSR count). The van der Waals surface area contributed by atoms with Gasteiger partial charge in [0.2, 0.25) is 0 Å². The van der Waals surface area contributed by atoms with E-state index in [9.17, 15) is 4.39 Å². The van der Waals surface area contributed by atoms with Crippen LogP contribution in [0.25, 0.3) is 10.9 Å². The number of nitrogens with one attached hydrogen (secondary N) is 2. The van der Waals surface area contributed by atoms with Crippen molar-refractivity contribution in [2.75, 3.05) is 0 Å². The van der Waals surface area contributed by atoms with Gasteiger partial charge in [-0.1, -0.05) is 6.07 Å². The Labute approximate surface area is 96.8 Å². The van der Waals surface area contributed by atoms with Crippen LogP contribution in [0.15, 0.2) is 12.1 Å². The second kappa shape index (κ2) is 3.32. The fraction of sp³-hybridized carbons (Fsp3) is 0.385. The zero-order valence-corrected chi connectivity index (χ0v) is 9.52. The van der Waals surface area contributed by atoms with Crippen LogP contribution in [0.2, 0.25) is 0 Å². The molecule has 88 valence electrons. The molecule has 1 aromatic heterocycles. The molecule has 2 heterocycles. The van der Waals surface area contributed by atoms with Crippen LogP contribution in [0.3, 0.4) is 0 Å². The third-order valence-electron chi connectivity index (χ3n) is 3.44. The van der Waals surface area contributed by atoms with Crippen molar-refractivity contribution in [3.8, 4) is 0 Å². The number of rotatable bonds is 0. The first-order chi connectivity index (χ1) is 7.66. The number of aryl methyl sites for hydroxylation is 1. The number of fused-ring (bicyclic) bond motifs is 3. The molecule has 2 aromatic rings. The van der Waals surface area contributed by atoms with Gasteiger partial charge in [0, 0.05) is 32.9 Å². The summed E-state index contributed by atoms with van der Waals surface area (Å²) in [4.78, 5) is 3.24. The third-order valence-corrected chi connectivity index (χ3v) is 3.44. The van der Waals surface area contributed by atoms with Crippen LogP contribution in [-0.4, -0.2) is 11.0 Å². The van der Waals surface area contributed by atoms with Crippen molar-refractivity contribution in [3.05, 3.63) is 34.8 Å². The van der Waals surface area contributed by atoms with E-state index >= 15 is 0 Å². The standard InChI is InChI=1S/C13H15FN2.2H2/c1-7-3-4-10(14)13-12(7)9-6-15-8(2)5-11(9)16-13;;/h3-4,8,15-16H,5-6H2,1-2H3;2*1H. The summed E-state index contributed by atoms with van der Waals surface area (Å²) in [6.45, 7) is 5.02. The summed E-state index contributed by atoms with van der Waals surface area (Å²) in [5.74, 6) is -0.150. The van der Waals surface area contributed by atoms with Crippen molar-refractivity contribution in [1.82, 2.24) is 10.3 Å². The van der Waals surface area contributed by atoms with Gasteiger partial charge in [0.15, 0.2) is 0 Å². The van der Waals surface area contributed by atoms with Gasteiger partial charge in [0.05, 0.1) is 5.52 Å². The summed E-state index contributed by atoms with van der Waals surface area (Å²) in [6, 6.07) is 3.85. The highest BCUT2D eigenvalue weighted by Crippen LogP contribution is 2.30. The molecule has 0 saturated heterocycles. The number of hydrogen-bond donors (Lipinski definition) is 2. The van der Waals surface area contributed by atoms with E-state index in [1.165, 1.54) is 17.3 Å². The minimum absolute atomic E-state index is 0. The van der Waals surface area contributed by atoms with E-state index in [4.69, 9.17) is 0 Å². The zero-order valence-electron chi connectivity index (χ0n) is 9.52. The van der Waals surface area contributed by atoms with Gasteiger partial charge in [-0.2, -0.15) is 0 Å². The lowest BCUT2D eigenvalue weighted by Gasteiger charge is -2.20. The molecule has 0 saturated carbocycles. The van der Waals surface area contributed by atoms with E-state index in [0.29, 0.717) is 11.6 Å². The summed E-state index contributed by atoms with van der Waals surface area (Å²) in [7, 11) is 0. The normalized spacial score (nSPS) is 20.1. The Morgan fingerprint density at radius 2 is 2.25 bits per heavy atom. The fourth-order valence-electron chi connectivity index (χ4n) is 2.59. The molecular weight excluding hydrogens is 203 g/mol. The van der Waals surface area contributed by atoms with Crippen LogP contribution < -0.4 is 5.32 Å². The third kappa shape index (κ3) is 1.28. The summed E-state index contributed by atoms with van der Waals surface area (Å²) in [5, 5.41) is 4.48. The van der Waals surface area contributed by atoms with Crippen LogP contribution in [0.4, 0.5) is 4.39 Å². The molecule has 0 radical (unpaired) electrons. The molecule has 0 aliphatic carbocycles. The lowest BCUT2D eigenvalue weighted by atomic mass is 9.99. The van der Waals surface area contributed by atoms with Crippen molar-refractivity contribution in [2.24, 2.45) is 0 Å². The van der Waals surface area contributed by atoms with Crippen LogP contribution in [-0.2, 0) is 13.0 Å². The minimum atomic E-state index is -0.150. The van der Waals surface area contributed by atoms with E-state index in [1.807, 2.05) is 13.0 Å². The predicted octanol–water partition coefficient (Wildman–Crippen LogP) is 3.14. The van der Waals surface area contributed by atoms with Crippen molar-refractivity contribution in [3.63, 3.8) is 0 Å². The maximum Gasteiger partial charge on any atom is 0.147 e. The Morgan fingerprint density at radius 3 is 3.06 bits per heavy atom. The summed E-state index contributed by atoms with van der Waals surface area (Å²) in [6.07, 6.45) is 0.947. The van der Waals surface area contributed by atoms with E-state index in [2.05, 4.69) is 17.2 Å². The molecular formula is C13H19FN2. The lowest BCUT2D eigenvalue weighted by molar-refractivity contribution is 0.511. The molecule has 1 aliphatic rings. The molecule has 2 nitrogen and oxygen atoms in total. The van der Waals surface area contributed by atoms with Gasteiger partial charge in [-0.3, -0.25) is 0 Å². The highest BCUT2D eigenvalue weighted by Gasteiger charge is 2.21. The number of halogens is 1. The van der Waals surface area contributed by atoms with Gasteiger partial charge in [0.1, 0.15) is 5.82 Å². The van der Waals surface area contributed by atoms with Gasteiger partial charge in [-0.15, -0.1) is 0 Å². The predicted molar refractivity (Wildman–Crippen MR) is 67.2 cm³/mol. The summed E-state index contributed by atoms with van der Waals surface area (Å²) >= 11 is 0. The molecule has 2 N–H and O–H groups in total. The largest absolute Gasteiger partial charge is 0.356 e. The van der Waals surface area contributed by atoms with Crippen molar-refractivity contribution >= 4 is 10.9 Å². The van der Waals surface area contributed by atoms with Crippen LogP contribution >= 0.6 is 0 Å². The highest BCUT2D eigenvalue weighted by molar-refractivity contribution is 5.88. The molecule has 0 spiro atoms. The van der Waals surface area contributed by atoms with Gasteiger partial charge in [-0.05, 0) is 31.0 Å². The lowest BCUT2D eigenvalue weighted by Crippen LogP contribution is -2.32. The molecule has 0 fully saturated rings. The maximum atomic E-state index is 13.7. The fourth-order valence-corrected chi connectivity index (χ4v) is 2.59. The Bertz CT molecular complexity index is 566. The molecule has 1 unspecified atom stereocenters. The molecule has 0 amide bonds. The molecule has 0 bridgehead atoms. The number of hydrogen-bond acceptors (Lipinski definition) is 1. The zero-order chi connectivity index (χ0) is 11.3. The van der Waals surface area contributed by atoms with E-state index in [0.717, 1.165) is 23.9 Å². The van der Waals surface area contributed by atoms with Gasteiger partial charge in [-0.25, -0.2) is 4.39 Å². The molecule has 3 heteroatoms. The van der Waals surface area contributed by atoms with E-state index in [1.54, 1.807) is 0 Å². The SMILES string of the molecule is Cc1ccc(F)c2[nH]c3c(c12)CNC(C)C3.[HH].[HH]. The van der Waals surface area contributed by atoms with Crippen LogP contribution in [0, 0.1) is 12.7 Å². The van der Waals surface area contributed by atoms with Gasteiger partial charge in [0.25, 0.3) is 0 Å². The van der Waals surface area contributed by atoms with Crippen LogP contribution in [0.5, 0.6) is 0 Å². The van der Waals surface area contributed by atoms with Crippen molar-refractivity contribution < 1.29 is 7.24 Å². The van der Waals surface area contributed by atoms with Crippen molar-refractivity contribution in [2.45, 2.75) is 32.9 Å². The maximum absolute atomic E-state index is 13.7. The number of benzene rings is 1. The number of aromatic nitrogens is 1. The van der Waals surface area contributed by atoms with E-state index < -0.39 is 0 Å².